The van der Waals surface area contributed by atoms with Gasteiger partial charge in [-0.1, -0.05) is 32.0 Å². The van der Waals surface area contributed by atoms with E-state index in [1.807, 2.05) is 0 Å². The Morgan fingerprint density at radius 1 is 1.21 bits per heavy atom. The molecular formula is C17H21NO. The number of aliphatic hydroxyl groups is 1. The fourth-order valence-corrected chi connectivity index (χ4v) is 3.21. The lowest BCUT2D eigenvalue weighted by molar-refractivity contribution is 0.281. The maximum Gasteiger partial charge on any atom is 0.0743 e. The molecule has 0 spiro atoms. The first kappa shape index (κ1) is 12.6. The van der Waals surface area contributed by atoms with Crippen LogP contribution >= 0.6 is 0 Å². The maximum absolute atomic E-state index is 9.79. The van der Waals surface area contributed by atoms with Crippen LogP contribution in [0.2, 0.25) is 0 Å². The molecule has 19 heavy (non-hydrogen) atoms. The summed E-state index contributed by atoms with van der Waals surface area (Å²) in [6, 6.07) is 6.36. The highest BCUT2D eigenvalue weighted by atomic mass is 16.3. The van der Waals surface area contributed by atoms with Gasteiger partial charge in [-0.25, -0.2) is 0 Å². The van der Waals surface area contributed by atoms with Gasteiger partial charge in [-0.15, -0.1) is 0 Å². The van der Waals surface area contributed by atoms with Crippen molar-refractivity contribution >= 4 is 10.9 Å². The van der Waals surface area contributed by atoms with Gasteiger partial charge in [0.1, 0.15) is 0 Å². The van der Waals surface area contributed by atoms with Gasteiger partial charge in [0.2, 0.25) is 0 Å². The summed E-state index contributed by atoms with van der Waals surface area (Å²) in [7, 11) is 0. The Bertz CT molecular complexity index is 616. The van der Waals surface area contributed by atoms with Crippen LogP contribution in [0.25, 0.3) is 10.9 Å². The van der Waals surface area contributed by atoms with Gasteiger partial charge in [-0.05, 0) is 48.3 Å². The van der Waals surface area contributed by atoms with Crippen LogP contribution in [-0.2, 0) is 19.4 Å². The Morgan fingerprint density at radius 2 is 2.00 bits per heavy atom. The van der Waals surface area contributed by atoms with Crippen molar-refractivity contribution in [1.29, 1.82) is 0 Å². The van der Waals surface area contributed by atoms with Gasteiger partial charge in [0.15, 0.2) is 0 Å². The van der Waals surface area contributed by atoms with Crippen molar-refractivity contribution < 1.29 is 5.11 Å². The van der Waals surface area contributed by atoms with Crippen LogP contribution in [-0.4, -0.2) is 10.1 Å². The number of benzene rings is 1. The highest BCUT2D eigenvalue weighted by molar-refractivity contribution is 5.87. The number of rotatable bonds is 2. The van der Waals surface area contributed by atoms with Crippen molar-refractivity contribution in [3.05, 3.63) is 40.6 Å². The summed E-state index contributed by atoms with van der Waals surface area (Å²) >= 11 is 0. The molecule has 0 bridgehead atoms. The van der Waals surface area contributed by atoms with Gasteiger partial charge in [-0.3, -0.25) is 4.98 Å². The van der Waals surface area contributed by atoms with Crippen LogP contribution in [0.3, 0.4) is 0 Å². The normalized spacial score (nSPS) is 14.9. The lowest BCUT2D eigenvalue weighted by atomic mass is 9.88. The second-order valence-corrected chi connectivity index (χ2v) is 5.78. The number of nitrogens with zero attached hydrogens (tertiary/aromatic N) is 1. The van der Waals surface area contributed by atoms with E-state index in [-0.39, 0.29) is 6.61 Å². The monoisotopic (exact) mass is 255 g/mol. The topological polar surface area (TPSA) is 33.1 Å². The Morgan fingerprint density at radius 3 is 2.74 bits per heavy atom. The molecule has 0 amide bonds. The molecule has 0 atom stereocenters. The SMILES string of the molecule is CC(C)c1cccc2c(CO)c3c(nc12)CCCC3. The predicted molar refractivity (Wildman–Crippen MR) is 78.4 cm³/mol. The number of hydrogen-bond acceptors (Lipinski definition) is 2. The van der Waals surface area contributed by atoms with Gasteiger partial charge >= 0.3 is 0 Å². The molecule has 1 heterocycles. The second kappa shape index (κ2) is 4.93. The number of aryl methyl sites for hydroxylation is 1. The van der Waals surface area contributed by atoms with Crippen molar-refractivity contribution in [2.75, 3.05) is 0 Å². The minimum Gasteiger partial charge on any atom is -0.392 e. The molecule has 1 N–H and O–H groups in total. The summed E-state index contributed by atoms with van der Waals surface area (Å²) in [5.74, 6) is 0.462. The molecule has 1 aromatic heterocycles. The molecule has 0 fully saturated rings. The lowest BCUT2D eigenvalue weighted by Crippen LogP contribution is -2.11. The van der Waals surface area contributed by atoms with Gasteiger partial charge < -0.3 is 5.11 Å². The van der Waals surface area contributed by atoms with E-state index in [0.29, 0.717) is 5.92 Å². The van der Waals surface area contributed by atoms with Crippen molar-refractivity contribution in [2.24, 2.45) is 0 Å². The molecular weight excluding hydrogens is 234 g/mol. The van der Waals surface area contributed by atoms with E-state index < -0.39 is 0 Å². The summed E-state index contributed by atoms with van der Waals surface area (Å²) in [5, 5.41) is 10.9. The molecule has 0 saturated carbocycles. The third-order valence-corrected chi connectivity index (χ3v) is 4.22. The summed E-state index contributed by atoms with van der Waals surface area (Å²) in [4.78, 5) is 4.93. The summed E-state index contributed by atoms with van der Waals surface area (Å²) < 4.78 is 0. The Hall–Kier alpha value is -1.41. The largest absolute Gasteiger partial charge is 0.392 e. The van der Waals surface area contributed by atoms with E-state index in [2.05, 4.69) is 32.0 Å². The molecule has 1 aliphatic carbocycles. The first-order valence-electron chi connectivity index (χ1n) is 7.26. The Balaban J connectivity index is 2.36. The predicted octanol–water partition coefficient (Wildman–Crippen LogP) is 3.73. The molecule has 0 radical (unpaired) electrons. The molecule has 0 saturated heterocycles. The average molecular weight is 255 g/mol. The van der Waals surface area contributed by atoms with Crippen LogP contribution in [0.5, 0.6) is 0 Å². The summed E-state index contributed by atoms with van der Waals surface area (Å²) in [6.45, 7) is 4.53. The maximum atomic E-state index is 9.79. The second-order valence-electron chi connectivity index (χ2n) is 5.78. The van der Waals surface area contributed by atoms with Crippen molar-refractivity contribution in [2.45, 2.75) is 52.1 Å². The number of aromatic nitrogens is 1. The molecule has 100 valence electrons. The van der Waals surface area contributed by atoms with Gasteiger partial charge in [0.25, 0.3) is 0 Å². The Labute approximate surface area is 114 Å². The fraction of sp³-hybridized carbons (Fsp3) is 0.471. The highest BCUT2D eigenvalue weighted by Gasteiger charge is 2.19. The van der Waals surface area contributed by atoms with Crippen LogP contribution in [0.1, 0.15) is 55.0 Å². The van der Waals surface area contributed by atoms with Crippen LogP contribution in [0, 0.1) is 0 Å². The number of hydrogen-bond donors (Lipinski definition) is 1. The Kier molecular flexibility index (Phi) is 3.28. The quantitative estimate of drug-likeness (QED) is 0.887. The van der Waals surface area contributed by atoms with E-state index in [9.17, 15) is 5.11 Å². The molecule has 0 unspecified atom stereocenters. The van der Waals surface area contributed by atoms with Crippen LogP contribution in [0.4, 0.5) is 0 Å². The van der Waals surface area contributed by atoms with Crippen molar-refractivity contribution in [3.8, 4) is 0 Å². The zero-order valence-corrected chi connectivity index (χ0v) is 11.7. The van der Waals surface area contributed by atoms with E-state index in [1.54, 1.807) is 0 Å². The lowest BCUT2D eigenvalue weighted by Gasteiger charge is -2.21. The van der Waals surface area contributed by atoms with Gasteiger partial charge in [-0.2, -0.15) is 0 Å². The van der Waals surface area contributed by atoms with Crippen molar-refractivity contribution in [1.82, 2.24) is 4.98 Å². The first-order chi connectivity index (χ1) is 9.22. The summed E-state index contributed by atoms with van der Waals surface area (Å²) in [6.07, 6.45) is 4.57. The minimum atomic E-state index is 0.128. The molecule has 2 nitrogen and oxygen atoms in total. The van der Waals surface area contributed by atoms with Gasteiger partial charge in [0.05, 0.1) is 12.1 Å². The highest BCUT2D eigenvalue weighted by Crippen LogP contribution is 2.32. The number of para-hydroxylation sites is 1. The van der Waals surface area contributed by atoms with E-state index in [0.717, 1.165) is 29.3 Å². The zero-order valence-electron chi connectivity index (χ0n) is 11.7. The van der Waals surface area contributed by atoms with E-state index in [4.69, 9.17) is 4.98 Å². The van der Waals surface area contributed by atoms with E-state index in [1.165, 1.54) is 29.7 Å². The third-order valence-electron chi connectivity index (χ3n) is 4.22. The number of aliphatic hydroxyl groups excluding tert-OH is 1. The standard InChI is InChI=1S/C17H21NO/c1-11(2)12-7-5-8-14-15(10-19)13-6-3-4-9-16(13)18-17(12)14/h5,7-8,11,19H,3-4,6,9-10H2,1-2H3. The average Bonchev–Trinajstić information content (AvgIpc) is 2.43. The summed E-state index contributed by atoms with van der Waals surface area (Å²) in [5.41, 5.74) is 6.03. The van der Waals surface area contributed by atoms with E-state index >= 15 is 0 Å². The third kappa shape index (κ3) is 2.04. The smallest absolute Gasteiger partial charge is 0.0743 e. The van der Waals surface area contributed by atoms with Crippen molar-refractivity contribution in [3.63, 3.8) is 0 Å². The molecule has 0 aliphatic heterocycles. The first-order valence-corrected chi connectivity index (χ1v) is 7.26. The fourth-order valence-electron chi connectivity index (χ4n) is 3.21. The minimum absolute atomic E-state index is 0.128. The molecule has 3 rings (SSSR count). The van der Waals surface area contributed by atoms with Crippen LogP contribution in [0.15, 0.2) is 18.2 Å². The number of pyridine rings is 1. The zero-order chi connectivity index (χ0) is 13.4. The van der Waals surface area contributed by atoms with Crippen LogP contribution < -0.4 is 0 Å². The molecule has 2 aromatic rings. The molecule has 1 aliphatic rings. The van der Waals surface area contributed by atoms with Gasteiger partial charge in [0, 0.05) is 11.1 Å². The molecule has 1 aromatic carbocycles. The molecule has 2 heteroatoms. The number of fused-ring (bicyclic) bond motifs is 2.